The number of ether oxygens (including phenoxy) is 2. The number of aromatic nitrogens is 4. The standard InChI is InChI=1S/C35H43N7O8S2/c1-34(2,3)26(32(45)50-23-6-5-7-23)31(44)41-19-21(18-25(41)29(43)37-35(14-15-35)33(46)40-52(47,48)24-12-13-24)42-38-27(20-8-10-22(49-4)11-9-20)28(39-42)30-36-16-17-51-30/h8-11,16-17,21,23-26H,5-7,12-15,18-19H2,1-4H3,(H,37,43)(H,40,46)/t21-,25+,26-/m1/s1. The van der Waals surface area contributed by atoms with Crippen LogP contribution in [0.25, 0.3) is 22.0 Å². The Balaban J connectivity index is 1.21. The van der Waals surface area contributed by atoms with Crippen molar-refractivity contribution in [1.29, 1.82) is 0 Å². The summed E-state index contributed by atoms with van der Waals surface area (Å²) in [5.41, 5.74) is -0.442. The van der Waals surface area contributed by atoms with E-state index in [4.69, 9.17) is 19.7 Å². The van der Waals surface area contributed by atoms with Crippen molar-refractivity contribution in [3.63, 3.8) is 0 Å². The number of nitrogens with zero attached hydrogens (tertiary/aromatic N) is 5. The number of carbonyl (C=O) groups is 4. The fraction of sp³-hybridized carbons (Fsp3) is 0.571. The van der Waals surface area contributed by atoms with Gasteiger partial charge in [0, 0.05) is 30.1 Å². The van der Waals surface area contributed by atoms with Crippen LogP contribution in [0.4, 0.5) is 0 Å². The van der Waals surface area contributed by atoms with Crippen LogP contribution in [-0.2, 0) is 33.9 Å². The van der Waals surface area contributed by atoms with E-state index in [0.717, 1.165) is 24.8 Å². The molecule has 7 rings (SSSR count). The average Bonchev–Trinajstić information content (AvgIpc) is 3.90. The van der Waals surface area contributed by atoms with Gasteiger partial charge in [-0.1, -0.05) is 20.8 Å². The van der Waals surface area contributed by atoms with Crippen LogP contribution in [0.2, 0.25) is 0 Å². The monoisotopic (exact) mass is 753 g/mol. The summed E-state index contributed by atoms with van der Waals surface area (Å²) in [6.07, 6.45) is 5.35. The average molecular weight is 754 g/mol. The number of hydrogen-bond donors (Lipinski definition) is 2. The lowest BCUT2D eigenvalue weighted by atomic mass is 9.79. The lowest BCUT2D eigenvalue weighted by molar-refractivity contribution is -0.169. The lowest BCUT2D eigenvalue weighted by Gasteiger charge is -2.35. The molecule has 4 fully saturated rings. The molecule has 0 unspecified atom stereocenters. The normalized spacial score (nSPS) is 21.9. The van der Waals surface area contributed by atoms with Gasteiger partial charge in [-0.2, -0.15) is 9.90 Å². The van der Waals surface area contributed by atoms with E-state index in [-0.39, 0.29) is 31.9 Å². The first-order chi connectivity index (χ1) is 24.7. The molecule has 0 bridgehead atoms. The number of likely N-dealkylation sites (tertiary alicyclic amines) is 1. The summed E-state index contributed by atoms with van der Waals surface area (Å²) in [6.45, 7) is 5.32. The first-order valence-electron chi connectivity index (χ1n) is 17.6. The van der Waals surface area contributed by atoms with Crippen molar-refractivity contribution in [2.45, 2.75) is 101 Å². The summed E-state index contributed by atoms with van der Waals surface area (Å²) in [4.78, 5) is 62.9. The molecule has 1 saturated heterocycles. The van der Waals surface area contributed by atoms with Gasteiger partial charge in [-0.05, 0) is 74.6 Å². The second-order valence-corrected chi connectivity index (χ2v) is 18.1. The van der Waals surface area contributed by atoms with Crippen molar-refractivity contribution < 1.29 is 37.1 Å². The molecule has 1 aliphatic heterocycles. The quantitative estimate of drug-likeness (QED) is 0.204. The molecule has 0 radical (unpaired) electrons. The van der Waals surface area contributed by atoms with E-state index in [1.807, 2.05) is 29.6 Å². The van der Waals surface area contributed by atoms with Crippen LogP contribution in [0.5, 0.6) is 5.75 Å². The molecule has 2 N–H and O–H groups in total. The summed E-state index contributed by atoms with van der Waals surface area (Å²) >= 11 is 1.39. The predicted octanol–water partition coefficient (Wildman–Crippen LogP) is 3.23. The second kappa shape index (κ2) is 13.5. The lowest BCUT2D eigenvalue weighted by Crippen LogP contribution is -2.57. The van der Waals surface area contributed by atoms with Gasteiger partial charge < -0.3 is 19.7 Å². The Morgan fingerprint density at radius 1 is 1.02 bits per heavy atom. The van der Waals surface area contributed by atoms with Gasteiger partial charge in [0.1, 0.15) is 45.7 Å². The Labute approximate surface area is 305 Å². The number of carbonyl (C=O) groups excluding carboxylic acids is 4. The maximum absolute atomic E-state index is 14.6. The van der Waals surface area contributed by atoms with Crippen LogP contribution in [0.1, 0.15) is 78.2 Å². The van der Waals surface area contributed by atoms with Crippen molar-refractivity contribution in [2.24, 2.45) is 11.3 Å². The number of hydrogen-bond acceptors (Lipinski definition) is 12. The molecule has 15 nitrogen and oxygen atoms in total. The summed E-state index contributed by atoms with van der Waals surface area (Å²) < 4.78 is 38.4. The Hall–Kier alpha value is -4.38. The third-order valence-electron chi connectivity index (χ3n) is 10.2. The molecule has 1 aromatic carbocycles. The van der Waals surface area contributed by atoms with Crippen molar-refractivity contribution in [1.82, 2.24) is 34.9 Å². The summed E-state index contributed by atoms with van der Waals surface area (Å²) in [5, 5.41) is 14.3. The molecule has 3 atom stereocenters. The zero-order chi connectivity index (χ0) is 37.0. The van der Waals surface area contributed by atoms with E-state index in [1.54, 1.807) is 34.1 Å². The molecule has 3 aliphatic carbocycles. The SMILES string of the molecule is COc1ccc(-c2nn([C@@H]3C[C@@H](C(=O)NC4(C(=O)NS(=O)(=O)C5CC5)CC4)N(C(=O)[C@H](C(=O)OC4CCC4)C(C)(C)C)C3)nc2-c2nccs2)cc1. The minimum atomic E-state index is -3.84. The number of rotatable bonds is 12. The number of benzene rings is 1. The van der Waals surface area contributed by atoms with Crippen LogP contribution in [0.15, 0.2) is 35.8 Å². The molecule has 0 spiro atoms. The van der Waals surface area contributed by atoms with Gasteiger partial charge in [0.05, 0.1) is 18.4 Å². The van der Waals surface area contributed by atoms with E-state index >= 15 is 0 Å². The topological polar surface area (TPSA) is 192 Å². The molecule has 2 aromatic heterocycles. The summed E-state index contributed by atoms with van der Waals surface area (Å²) in [7, 11) is -2.26. The fourth-order valence-corrected chi connectivity index (χ4v) is 8.64. The van der Waals surface area contributed by atoms with Gasteiger partial charge in [-0.25, -0.2) is 13.4 Å². The van der Waals surface area contributed by atoms with E-state index in [2.05, 4.69) is 15.0 Å². The highest BCUT2D eigenvalue weighted by atomic mass is 32.2. The first kappa shape index (κ1) is 36.0. The van der Waals surface area contributed by atoms with Crippen molar-refractivity contribution in [3.05, 3.63) is 35.8 Å². The zero-order valence-corrected chi connectivity index (χ0v) is 31.2. The third-order valence-corrected chi connectivity index (χ3v) is 12.8. The van der Waals surface area contributed by atoms with Crippen LogP contribution in [0.3, 0.4) is 0 Å². The number of nitrogens with one attached hydrogen (secondary N) is 2. The maximum Gasteiger partial charge on any atom is 0.319 e. The van der Waals surface area contributed by atoms with Gasteiger partial charge in [-0.15, -0.1) is 16.4 Å². The Morgan fingerprint density at radius 3 is 2.27 bits per heavy atom. The van der Waals surface area contributed by atoms with Gasteiger partial charge in [0.15, 0.2) is 0 Å². The number of amides is 3. The molecule has 52 heavy (non-hydrogen) atoms. The number of esters is 1. The summed E-state index contributed by atoms with van der Waals surface area (Å²) in [6, 6.07) is 5.61. The number of methoxy groups -OCH3 is 1. The van der Waals surface area contributed by atoms with Crippen molar-refractivity contribution in [2.75, 3.05) is 13.7 Å². The second-order valence-electron chi connectivity index (χ2n) is 15.2. The molecule has 17 heteroatoms. The fourth-order valence-electron chi connectivity index (χ4n) is 6.64. The zero-order valence-electron chi connectivity index (χ0n) is 29.5. The van der Waals surface area contributed by atoms with Crippen molar-refractivity contribution >= 4 is 45.1 Å². The van der Waals surface area contributed by atoms with E-state index in [9.17, 15) is 27.6 Å². The maximum atomic E-state index is 14.6. The molecule has 3 aromatic rings. The van der Waals surface area contributed by atoms with Gasteiger partial charge >= 0.3 is 5.97 Å². The highest BCUT2D eigenvalue weighted by molar-refractivity contribution is 7.91. The molecule has 3 heterocycles. The third kappa shape index (κ3) is 7.16. The minimum Gasteiger partial charge on any atom is -0.497 e. The van der Waals surface area contributed by atoms with Crippen LogP contribution in [0, 0.1) is 11.3 Å². The number of thiazole rings is 1. The van der Waals surface area contributed by atoms with Crippen LogP contribution >= 0.6 is 11.3 Å². The molecule has 278 valence electrons. The van der Waals surface area contributed by atoms with Crippen molar-refractivity contribution in [3.8, 4) is 27.7 Å². The molecular weight excluding hydrogens is 711 g/mol. The Morgan fingerprint density at radius 2 is 1.71 bits per heavy atom. The minimum absolute atomic E-state index is 0.0104. The highest BCUT2D eigenvalue weighted by Gasteiger charge is 2.56. The van der Waals surface area contributed by atoms with Gasteiger partial charge in [-0.3, -0.25) is 23.9 Å². The summed E-state index contributed by atoms with van der Waals surface area (Å²) in [5.74, 6) is -3.18. The predicted molar refractivity (Wildman–Crippen MR) is 189 cm³/mol. The van der Waals surface area contributed by atoms with E-state index in [0.29, 0.717) is 35.0 Å². The molecule has 4 aliphatic rings. The molecule has 3 saturated carbocycles. The molecular formula is C35H43N7O8S2. The Bertz CT molecular complexity index is 1960. The van der Waals surface area contributed by atoms with Gasteiger partial charge in [0.25, 0.3) is 5.91 Å². The van der Waals surface area contributed by atoms with Crippen LogP contribution in [-0.4, -0.2) is 93.6 Å². The van der Waals surface area contributed by atoms with E-state index in [1.165, 1.54) is 21.0 Å². The van der Waals surface area contributed by atoms with Gasteiger partial charge in [0.2, 0.25) is 21.8 Å². The smallest absolute Gasteiger partial charge is 0.319 e. The largest absolute Gasteiger partial charge is 0.497 e. The first-order valence-corrected chi connectivity index (χ1v) is 20.0. The highest BCUT2D eigenvalue weighted by Crippen LogP contribution is 2.40. The Kier molecular flexibility index (Phi) is 9.38. The number of sulfonamides is 1. The molecule has 3 amide bonds. The van der Waals surface area contributed by atoms with Crippen LogP contribution < -0.4 is 14.8 Å². The van der Waals surface area contributed by atoms with E-state index < -0.39 is 67.9 Å².